The molecule has 1 aliphatic rings. The number of carbonyl (C=O) groups excluding carboxylic acids is 2. The second kappa shape index (κ2) is 5.86. The Labute approximate surface area is 133 Å². The molecule has 0 saturated carbocycles. The van der Waals surface area contributed by atoms with Gasteiger partial charge in [-0.1, -0.05) is 12.1 Å². The van der Waals surface area contributed by atoms with E-state index in [4.69, 9.17) is 10.3 Å². The minimum absolute atomic E-state index is 0.0333. The highest BCUT2D eigenvalue weighted by Crippen LogP contribution is 2.28. The van der Waals surface area contributed by atoms with Gasteiger partial charge in [0.25, 0.3) is 11.8 Å². The normalized spacial score (nSPS) is 16.9. The summed E-state index contributed by atoms with van der Waals surface area (Å²) in [6.45, 7) is 4.57. The molecule has 23 heavy (non-hydrogen) atoms. The Hall–Kier alpha value is -2.64. The van der Waals surface area contributed by atoms with E-state index >= 15 is 0 Å². The van der Waals surface area contributed by atoms with Crippen molar-refractivity contribution in [3.8, 4) is 0 Å². The number of primary amides is 1. The van der Waals surface area contributed by atoms with Crippen LogP contribution in [0.25, 0.3) is 0 Å². The third-order valence-corrected chi connectivity index (χ3v) is 4.07. The number of aryl methyl sites for hydroxylation is 2. The molecule has 2 aromatic rings. The fourth-order valence-electron chi connectivity index (χ4n) is 2.79. The molecule has 2 amide bonds. The first kappa shape index (κ1) is 15.3. The minimum Gasteiger partial charge on any atom is -0.364 e. The van der Waals surface area contributed by atoms with Gasteiger partial charge in [-0.2, -0.15) is 5.10 Å². The zero-order valence-electron chi connectivity index (χ0n) is 13.1. The van der Waals surface area contributed by atoms with E-state index in [-0.39, 0.29) is 17.1 Å². The van der Waals surface area contributed by atoms with Crippen molar-refractivity contribution in [3.05, 3.63) is 28.9 Å². The van der Waals surface area contributed by atoms with E-state index in [9.17, 15) is 9.59 Å². The molecule has 3 N–H and O–H groups in total. The predicted octanol–water partition coefficient (Wildman–Crippen LogP) is 1.37. The number of anilines is 1. The van der Waals surface area contributed by atoms with Crippen LogP contribution < -0.4 is 11.1 Å². The zero-order chi connectivity index (χ0) is 16.6. The molecule has 2 aromatic heterocycles. The highest BCUT2D eigenvalue weighted by molar-refractivity contribution is 6.07. The van der Waals surface area contributed by atoms with E-state index in [0.717, 1.165) is 30.6 Å². The van der Waals surface area contributed by atoms with Gasteiger partial charge in [0.15, 0.2) is 11.4 Å². The Balaban J connectivity index is 1.87. The number of amides is 2. The van der Waals surface area contributed by atoms with Gasteiger partial charge in [-0.15, -0.1) is 0 Å². The third-order valence-electron chi connectivity index (χ3n) is 4.07. The molecule has 0 unspecified atom stereocenters. The second-order valence-electron chi connectivity index (χ2n) is 5.85. The van der Waals surface area contributed by atoms with Crippen LogP contribution in [0.4, 0.5) is 5.69 Å². The smallest absolute Gasteiger partial charge is 0.278 e. The lowest BCUT2D eigenvalue weighted by molar-refractivity contribution is 0.0995. The van der Waals surface area contributed by atoms with E-state index < -0.39 is 11.8 Å². The molecule has 1 aliphatic carbocycles. The summed E-state index contributed by atoms with van der Waals surface area (Å²) < 4.78 is 6.81. The van der Waals surface area contributed by atoms with Crippen LogP contribution in [0, 0.1) is 5.92 Å². The molecule has 0 fully saturated rings. The number of carbonyl (C=O) groups is 2. The zero-order valence-corrected chi connectivity index (χ0v) is 13.1. The van der Waals surface area contributed by atoms with Crippen LogP contribution in [0.2, 0.25) is 0 Å². The number of hydrogen-bond acceptors (Lipinski definition) is 5. The average Bonchev–Trinajstić information content (AvgIpc) is 3.10. The molecule has 0 saturated heterocycles. The minimum atomic E-state index is -0.691. The first-order valence-corrected chi connectivity index (χ1v) is 7.65. The maximum absolute atomic E-state index is 12.5. The Morgan fingerprint density at radius 3 is 2.96 bits per heavy atom. The van der Waals surface area contributed by atoms with Gasteiger partial charge in [0.2, 0.25) is 0 Å². The summed E-state index contributed by atoms with van der Waals surface area (Å²) in [5, 5.41) is 10.6. The highest BCUT2D eigenvalue weighted by Gasteiger charge is 2.28. The summed E-state index contributed by atoms with van der Waals surface area (Å²) in [6.07, 6.45) is 4.15. The molecule has 0 spiro atoms. The Morgan fingerprint density at radius 2 is 2.26 bits per heavy atom. The second-order valence-corrected chi connectivity index (χ2v) is 5.85. The molecule has 8 heteroatoms. The maximum atomic E-state index is 12.5. The number of nitrogens with zero attached hydrogens (tertiary/aromatic N) is 3. The molecule has 0 radical (unpaired) electrons. The van der Waals surface area contributed by atoms with Gasteiger partial charge < -0.3 is 15.6 Å². The fourth-order valence-corrected chi connectivity index (χ4v) is 2.79. The lowest BCUT2D eigenvalue weighted by atomic mass is 9.88. The first-order valence-electron chi connectivity index (χ1n) is 7.65. The van der Waals surface area contributed by atoms with Gasteiger partial charge in [-0.05, 0) is 25.7 Å². The Morgan fingerprint density at radius 1 is 1.48 bits per heavy atom. The summed E-state index contributed by atoms with van der Waals surface area (Å²) in [7, 11) is 0. The standard InChI is InChI=1S/C15H19N5O3/c1-3-20-7-10(13(18-20)14(16)21)17-15(22)12-9-6-8(2)4-5-11(9)23-19-12/h7-8H,3-6H2,1-2H3,(H2,16,21)(H,17,22)/t8-/m1/s1. The first-order chi connectivity index (χ1) is 11.0. The van der Waals surface area contributed by atoms with E-state index in [0.29, 0.717) is 12.5 Å². The SMILES string of the molecule is CCn1cc(NC(=O)c2noc3c2C[C@H](C)CC3)c(C(N)=O)n1. The van der Waals surface area contributed by atoms with Crippen LogP contribution in [-0.4, -0.2) is 26.8 Å². The monoisotopic (exact) mass is 317 g/mol. The van der Waals surface area contributed by atoms with Crippen LogP contribution in [0.3, 0.4) is 0 Å². The van der Waals surface area contributed by atoms with Crippen molar-refractivity contribution in [1.29, 1.82) is 0 Å². The molecule has 122 valence electrons. The molecule has 8 nitrogen and oxygen atoms in total. The van der Waals surface area contributed by atoms with Gasteiger partial charge >= 0.3 is 0 Å². The fraction of sp³-hybridized carbons (Fsp3) is 0.467. The van der Waals surface area contributed by atoms with Crippen LogP contribution in [0.5, 0.6) is 0 Å². The van der Waals surface area contributed by atoms with Gasteiger partial charge in [0, 0.05) is 24.7 Å². The number of fused-ring (bicyclic) bond motifs is 1. The summed E-state index contributed by atoms with van der Waals surface area (Å²) in [4.78, 5) is 24.0. The van der Waals surface area contributed by atoms with Crippen molar-refractivity contribution in [2.24, 2.45) is 11.7 Å². The van der Waals surface area contributed by atoms with Crippen LogP contribution in [-0.2, 0) is 19.4 Å². The largest absolute Gasteiger partial charge is 0.364 e. The Bertz CT molecular complexity index is 761. The lowest BCUT2D eigenvalue weighted by Gasteiger charge is -2.16. The topological polar surface area (TPSA) is 116 Å². The molecule has 2 heterocycles. The number of nitrogens with two attached hydrogens (primary N) is 1. The van der Waals surface area contributed by atoms with Gasteiger partial charge in [0.1, 0.15) is 5.76 Å². The average molecular weight is 317 g/mol. The molecule has 0 aromatic carbocycles. The van der Waals surface area contributed by atoms with Crippen molar-refractivity contribution >= 4 is 17.5 Å². The highest BCUT2D eigenvalue weighted by atomic mass is 16.5. The van der Waals surface area contributed by atoms with Crippen molar-refractivity contribution in [2.75, 3.05) is 5.32 Å². The van der Waals surface area contributed by atoms with Gasteiger partial charge in [-0.25, -0.2) is 0 Å². The predicted molar refractivity (Wildman–Crippen MR) is 82.1 cm³/mol. The van der Waals surface area contributed by atoms with E-state index in [2.05, 4.69) is 22.5 Å². The molecule has 3 rings (SSSR count). The van der Waals surface area contributed by atoms with Crippen LogP contribution >= 0.6 is 0 Å². The third kappa shape index (κ3) is 2.84. The summed E-state index contributed by atoms with van der Waals surface area (Å²) >= 11 is 0. The number of aromatic nitrogens is 3. The number of hydrogen-bond donors (Lipinski definition) is 2. The van der Waals surface area contributed by atoms with Gasteiger partial charge in [-0.3, -0.25) is 14.3 Å². The number of rotatable bonds is 4. The van der Waals surface area contributed by atoms with Crippen molar-refractivity contribution in [2.45, 2.75) is 39.7 Å². The molecular weight excluding hydrogens is 298 g/mol. The quantitative estimate of drug-likeness (QED) is 0.883. The van der Waals surface area contributed by atoms with Gasteiger partial charge in [0.05, 0.1) is 5.69 Å². The molecule has 0 bridgehead atoms. The van der Waals surface area contributed by atoms with Crippen LogP contribution in [0.1, 0.15) is 52.6 Å². The summed E-state index contributed by atoms with van der Waals surface area (Å²) in [5.74, 6) is 0.149. The summed E-state index contributed by atoms with van der Waals surface area (Å²) in [5.41, 5.74) is 6.74. The van der Waals surface area contributed by atoms with E-state index in [1.54, 1.807) is 6.20 Å². The number of nitrogens with one attached hydrogen (secondary N) is 1. The molecule has 0 aliphatic heterocycles. The Kier molecular flexibility index (Phi) is 3.89. The summed E-state index contributed by atoms with van der Waals surface area (Å²) in [6, 6.07) is 0. The van der Waals surface area contributed by atoms with Crippen LogP contribution in [0.15, 0.2) is 10.7 Å². The molecular formula is C15H19N5O3. The van der Waals surface area contributed by atoms with E-state index in [1.165, 1.54) is 4.68 Å². The molecule has 1 atom stereocenters. The van der Waals surface area contributed by atoms with Crippen molar-refractivity contribution in [1.82, 2.24) is 14.9 Å². The van der Waals surface area contributed by atoms with Crippen molar-refractivity contribution < 1.29 is 14.1 Å². The van der Waals surface area contributed by atoms with Crippen molar-refractivity contribution in [3.63, 3.8) is 0 Å². The lowest BCUT2D eigenvalue weighted by Crippen LogP contribution is -2.20. The maximum Gasteiger partial charge on any atom is 0.278 e. The van der Waals surface area contributed by atoms with E-state index in [1.807, 2.05) is 6.92 Å².